The largest absolute Gasteiger partial charge is 0.492 e. The third kappa shape index (κ3) is 12.2. The van der Waals surface area contributed by atoms with E-state index in [-0.39, 0.29) is 45.6 Å². The number of hydrogen-bond acceptors (Lipinski definition) is 11. The molecule has 2 atom stereocenters. The maximum atomic E-state index is 12.5. The number of nitrogens with two attached hydrogens (primary N) is 2. The lowest BCUT2D eigenvalue weighted by Gasteiger charge is -2.18. The van der Waals surface area contributed by atoms with E-state index < -0.39 is 5.25 Å². The lowest BCUT2D eigenvalue weighted by molar-refractivity contribution is -0.130. The van der Waals surface area contributed by atoms with Crippen LogP contribution in [0.4, 0.5) is 4.79 Å². The minimum Gasteiger partial charge on any atom is -0.492 e. The quantitative estimate of drug-likeness (QED) is 0.230. The van der Waals surface area contributed by atoms with Crippen molar-refractivity contribution in [2.75, 3.05) is 39.0 Å². The third-order valence-electron chi connectivity index (χ3n) is 5.73. The van der Waals surface area contributed by atoms with E-state index in [1.54, 1.807) is 11.9 Å². The van der Waals surface area contributed by atoms with E-state index in [2.05, 4.69) is 5.32 Å². The minimum absolute atomic E-state index is 0.00215. The third-order valence-corrected chi connectivity index (χ3v) is 8.88. The van der Waals surface area contributed by atoms with Crippen molar-refractivity contribution < 1.29 is 28.7 Å². The smallest absolute Gasteiger partial charge is 0.286 e. The van der Waals surface area contributed by atoms with Gasteiger partial charge in [-0.3, -0.25) is 29.3 Å². The van der Waals surface area contributed by atoms with Gasteiger partial charge in [0.15, 0.2) is 0 Å². The van der Waals surface area contributed by atoms with Crippen molar-refractivity contribution in [2.24, 2.45) is 11.5 Å². The summed E-state index contributed by atoms with van der Waals surface area (Å²) in [6, 6.07) is 7.35. The first kappa shape index (κ1) is 32.2. The second-order valence-electron chi connectivity index (χ2n) is 8.67. The number of nitrogens with one attached hydrogen (secondary N) is 1. The number of rotatable bonds is 17. The summed E-state index contributed by atoms with van der Waals surface area (Å²) in [5.74, 6) is 1.03. The Hall–Kier alpha value is -2.06. The number of imide groups is 1. The predicted octanol–water partition coefficient (Wildman–Crippen LogP) is 2.17. The molecule has 0 saturated carbocycles. The van der Waals surface area contributed by atoms with Crippen molar-refractivity contribution in [3.8, 4) is 5.75 Å². The fourth-order valence-electron chi connectivity index (χ4n) is 3.59. The van der Waals surface area contributed by atoms with E-state index in [0.29, 0.717) is 50.3 Å². The molecule has 210 valence electrons. The summed E-state index contributed by atoms with van der Waals surface area (Å²) in [5, 5.41) is 1.49. The second kappa shape index (κ2) is 17.5. The van der Waals surface area contributed by atoms with Crippen LogP contribution in [0.25, 0.3) is 0 Å². The molecule has 1 aliphatic rings. The number of amides is 3. The van der Waals surface area contributed by atoms with E-state index in [9.17, 15) is 24.0 Å². The zero-order chi connectivity index (χ0) is 27.9. The van der Waals surface area contributed by atoms with E-state index in [0.717, 1.165) is 30.2 Å². The summed E-state index contributed by atoms with van der Waals surface area (Å²) >= 11 is 3.41. The molecule has 1 aromatic rings. The van der Waals surface area contributed by atoms with Crippen LogP contribution in [-0.2, 0) is 25.6 Å². The highest BCUT2D eigenvalue weighted by atomic mass is 32.2. The summed E-state index contributed by atoms with van der Waals surface area (Å²) in [6.45, 7) is 0.766. The number of hydrogen-bond donors (Lipinski definition) is 3. The number of benzene rings is 1. The molecule has 1 heterocycles. The van der Waals surface area contributed by atoms with Gasteiger partial charge in [0.2, 0.25) is 22.0 Å². The van der Waals surface area contributed by atoms with Gasteiger partial charge < -0.3 is 21.1 Å². The molecule has 1 aromatic carbocycles. The van der Waals surface area contributed by atoms with E-state index >= 15 is 0 Å². The van der Waals surface area contributed by atoms with Crippen molar-refractivity contribution in [3.05, 3.63) is 29.8 Å². The average molecular weight is 585 g/mol. The molecule has 2 unspecified atom stereocenters. The fourth-order valence-corrected chi connectivity index (χ4v) is 6.33. The van der Waals surface area contributed by atoms with Gasteiger partial charge in [0.25, 0.3) is 5.24 Å². The molecule has 10 nitrogen and oxygen atoms in total. The summed E-state index contributed by atoms with van der Waals surface area (Å²) in [5.41, 5.74) is 11.7. The Morgan fingerprint density at radius 2 is 1.79 bits per heavy atom. The number of thioether (sulfide) groups is 3. The Morgan fingerprint density at radius 3 is 2.42 bits per heavy atom. The van der Waals surface area contributed by atoms with Crippen LogP contribution in [0.2, 0.25) is 0 Å². The van der Waals surface area contributed by atoms with Crippen LogP contribution in [-0.4, -0.2) is 81.7 Å². The van der Waals surface area contributed by atoms with Gasteiger partial charge in [0.1, 0.15) is 12.4 Å². The number of nitrogens with zero attached hydrogens (tertiary/aromatic N) is 1. The van der Waals surface area contributed by atoms with Crippen LogP contribution in [0.1, 0.15) is 37.7 Å². The molecule has 13 heteroatoms. The molecule has 1 fully saturated rings. The lowest BCUT2D eigenvalue weighted by atomic mass is 10.1. The molecule has 1 aliphatic heterocycles. The number of carbonyl (C=O) groups excluding carboxylic acids is 5. The van der Waals surface area contributed by atoms with Crippen LogP contribution in [0.3, 0.4) is 0 Å². The molecule has 5 N–H and O–H groups in total. The first-order chi connectivity index (χ1) is 18.2. The average Bonchev–Trinajstić information content (AvgIpc) is 3.22. The van der Waals surface area contributed by atoms with E-state index in [1.165, 1.54) is 23.5 Å². The van der Waals surface area contributed by atoms with Crippen LogP contribution >= 0.6 is 35.3 Å². The van der Waals surface area contributed by atoms with Crippen molar-refractivity contribution in [2.45, 2.75) is 49.0 Å². The van der Waals surface area contributed by atoms with E-state index in [1.807, 2.05) is 24.3 Å². The molecule has 3 amide bonds. The number of likely N-dealkylation sites (N-methyl/N-ethyl adjacent to an activating group) is 1. The summed E-state index contributed by atoms with van der Waals surface area (Å²) in [6.07, 6.45) is 3.84. The summed E-state index contributed by atoms with van der Waals surface area (Å²) in [4.78, 5) is 60.3. The molecule has 0 aliphatic carbocycles. The van der Waals surface area contributed by atoms with Crippen molar-refractivity contribution in [1.29, 1.82) is 0 Å². The normalized spacial score (nSPS) is 15.7. The standard InChI is InChI=1S/C25H36N4O6S3/c1-29(11-12-35-18-8-6-17(7-9-18)14-20-24(33)28-25(34)38-20)21(30)5-3-2-4-19(37-23(32)16-27)10-13-36-22(31)15-26/h6-9,19-20H,2-5,10-16,26-27H2,1H3,(H,28,33,34). The summed E-state index contributed by atoms with van der Waals surface area (Å²) < 4.78 is 5.75. The lowest BCUT2D eigenvalue weighted by Crippen LogP contribution is -2.30. The topological polar surface area (TPSA) is 162 Å². The van der Waals surface area contributed by atoms with Gasteiger partial charge >= 0.3 is 0 Å². The molecular weight excluding hydrogens is 548 g/mol. The molecule has 38 heavy (non-hydrogen) atoms. The number of carbonyl (C=O) groups is 5. The molecule has 0 aromatic heterocycles. The maximum Gasteiger partial charge on any atom is 0.286 e. The van der Waals surface area contributed by atoms with Gasteiger partial charge in [-0.1, -0.05) is 53.8 Å². The predicted molar refractivity (Wildman–Crippen MR) is 153 cm³/mol. The van der Waals surface area contributed by atoms with Crippen LogP contribution < -0.4 is 21.5 Å². The zero-order valence-electron chi connectivity index (χ0n) is 21.5. The Bertz CT molecular complexity index is 963. The Labute approximate surface area is 236 Å². The van der Waals surface area contributed by atoms with Gasteiger partial charge in [-0.25, -0.2) is 0 Å². The fraction of sp³-hybridized carbons (Fsp3) is 0.560. The van der Waals surface area contributed by atoms with Gasteiger partial charge in [-0.2, -0.15) is 0 Å². The molecule has 0 radical (unpaired) electrons. The molecule has 0 bridgehead atoms. The highest BCUT2D eigenvalue weighted by Crippen LogP contribution is 2.25. The van der Waals surface area contributed by atoms with Gasteiger partial charge in [-0.05, 0) is 43.4 Å². The highest BCUT2D eigenvalue weighted by Gasteiger charge is 2.31. The van der Waals surface area contributed by atoms with Gasteiger partial charge in [0, 0.05) is 24.5 Å². The first-order valence-electron chi connectivity index (χ1n) is 12.4. The Kier molecular flexibility index (Phi) is 14.8. The van der Waals surface area contributed by atoms with Gasteiger partial charge in [-0.15, -0.1) is 0 Å². The van der Waals surface area contributed by atoms with Crippen LogP contribution in [0, 0.1) is 0 Å². The highest BCUT2D eigenvalue weighted by molar-refractivity contribution is 8.15. The Morgan fingerprint density at radius 1 is 1.08 bits per heavy atom. The summed E-state index contributed by atoms with van der Waals surface area (Å²) in [7, 11) is 1.74. The molecule has 1 saturated heterocycles. The monoisotopic (exact) mass is 584 g/mol. The minimum atomic E-state index is -0.405. The van der Waals surface area contributed by atoms with Crippen LogP contribution in [0.5, 0.6) is 5.75 Å². The number of ether oxygens (including phenoxy) is 1. The first-order valence-corrected chi connectivity index (χ1v) is 15.2. The zero-order valence-corrected chi connectivity index (χ0v) is 24.0. The maximum absolute atomic E-state index is 12.5. The van der Waals surface area contributed by atoms with E-state index in [4.69, 9.17) is 16.2 Å². The Balaban J connectivity index is 1.64. The molecule has 0 spiro atoms. The number of unbranched alkanes of at least 4 members (excludes halogenated alkanes) is 1. The SMILES string of the molecule is CN(CCOc1ccc(CC2SC(=O)NC2=O)cc1)C(=O)CCCCC(CCSC(=O)CN)SC(=O)CN. The van der Waals surface area contributed by atoms with Crippen molar-refractivity contribution in [3.63, 3.8) is 0 Å². The molecule has 2 rings (SSSR count). The van der Waals surface area contributed by atoms with Crippen LogP contribution in [0.15, 0.2) is 24.3 Å². The van der Waals surface area contributed by atoms with Crippen molar-refractivity contribution >= 4 is 62.6 Å². The second-order valence-corrected chi connectivity index (χ2v) is 12.4. The molecular formula is C25H36N4O6S3. The van der Waals surface area contributed by atoms with Gasteiger partial charge in [0.05, 0.1) is 24.9 Å². The van der Waals surface area contributed by atoms with Crippen molar-refractivity contribution in [1.82, 2.24) is 10.2 Å².